The maximum atomic E-state index is 10.9. The molecule has 1 saturated heterocycles. The van der Waals surface area contributed by atoms with Crippen molar-refractivity contribution < 1.29 is 14.6 Å². The summed E-state index contributed by atoms with van der Waals surface area (Å²) in [5.74, 6) is -0.749. The van der Waals surface area contributed by atoms with Crippen LogP contribution in [0.4, 0.5) is 0 Å². The number of hydrogen-bond acceptors (Lipinski definition) is 3. The molecule has 0 radical (unpaired) electrons. The first-order valence-corrected chi connectivity index (χ1v) is 5.81. The molecule has 1 aliphatic rings. The van der Waals surface area contributed by atoms with E-state index in [-0.39, 0.29) is 6.10 Å². The van der Waals surface area contributed by atoms with Gasteiger partial charge in [0.15, 0.2) is 0 Å². The fourth-order valence-corrected chi connectivity index (χ4v) is 1.80. The molecule has 0 aromatic rings. The zero-order valence-corrected chi connectivity index (χ0v) is 9.37. The normalized spacial score (nSPS) is 22.9. The van der Waals surface area contributed by atoms with Crippen LogP contribution in [0.5, 0.6) is 0 Å². The van der Waals surface area contributed by atoms with Crippen LogP contribution in [-0.4, -0.2) is 36.4 Å². The summed E-state index contributed by atoms with van der Waals surface area (Å²) < 4.78 is 5.43. The number of rotatable bonds is 7. The molecular weight excluding hydrogens is 194 g/mol. The van der Waals surface area contributed by atoms with Crippen LogP contribution in [0.15, 0.2) is 0 Å². The van der Waals surface area contributed by atoms with E-state index in [0.29, 0.717) is 13.0 Å². The average molecular weight is 215 g/mol. The number of carbonyl (C=O) groups is 1. The van der Waals surface area contributed by atoms with E-state index >= 15 is 0 Å². The Morgan fingerprint density at radius 2 is 2.47 bits per heavy atom. The third kappa shape index (κ3) is 4.62. The minimum atomic E-state index is -0.749. The summed E-state index contributed by atoms with van der Waals surface area (Å²) >= 11 is 0. The summed E-state index contributed by atoms with van der Waals surface area (Å²) in [6.45, 7) is 3.55. The number of aliphatic carboxylic acids is 1. The Labute approximate surface area is 91.0 Å². The maximum absolute atomic E-state index is 10.9. The molecule has 0 aromatic heterocycles. The Hall–Kier alpha value is -0.610. The predicted octanol–water partition coefficient (Wildman–Crippen LogP) is 1.40. The van der Waals surface area contributed by atoms with Gasteiger partial charge in [-0.2, -0.15) is 0 Å². The molecule has 1 rings (SSSR count). The molecule has 15 heavy (non-hydrogen) atoms. The van der Waals surface area contributed by atoms with Gasteiger partial charge in [0, 0.05) is 13.2 Å². The van der Waals surface area contributed by atoms with E-state index in [0.717, 1.165) is 32.3 Å². The number of nitrogens with one attached hydrogen (secondary N) is 1. The van der Waals surface area contributed by atoms with Crippen molar-refractivity contribution in [1.82, 2.24) is 5.32 Å². The van der Waals surface area contributed by atoms with Gasteiger partial charge in [-0.1, -0.05) is 19.8 Å². The van der Waals surface area contributed by atoms with E-state index in [1.165, 1.54) is 0 Å². The number of ether oxygens (including phenoxy) is 1. The molecule has 1 heterocycles. The second-order valence-electron chi connectivity index (χ2n) is 4.08. The van der Waals surface area contributed by atoms with Gasteiger partial charge in [0.25, 0.3) is 0 Å². The zero-order chi connectivity index (χ0) is 11.1. The number of unbranched alkanes of at least 4 members (excludes halogenated alkanes) is 1. The first-order valence-electron chi connectivity index (χ1n) is 5.81. The van der Waals surface area contributed by atoms with Crippen molar-refractivity contribution in [3.05, 3.63) is 0 Å². The first-order chi connectivity index (χ1) is 7.24. The van der Waals surface area contributed by atoms with Gasteiger partial charge in [0.1, 0.15) is 6.04 Å². The first kappa shape index (κ1) is 12.5. The summed E-state index contributed by atoms with van der Waals surface area (Å²) in [5.41, 5.74) is 0. The summed E-state index contributed by atoms with van der Waals surface area (Å²) in [6, 6.07) is -0.408. The van der Waals surface area contributed by atoms with E-state index in [9.17, 15) is 4.79 Å². The molecule has 0 aliphatic carbocycles. The van der Waals surface area contributed by atoms with Crippen LogP contribution in [0.1, 0.15) is 39.0 Å². The quantitative estimate of drug-likeness (QED) is 0.674. The van der Waals surface area contributed by atoms with Crippen molar-refractivity contribution in [3.63, 3.8) is 0 Å². The van der Waals surface area contributed by atoms with Crippen LogP contribution >= 0.6 is 0 Å². The number of hydrogen-bond donors (Lipinski definition) is 2. The van der Waals surface area contributed by atoms with Gasteiger partial charge in [0.05, 0.1) is 6.10 Å². The van der Waals surface area contributed by atoms with Crippen molar-refractivity contribution >= 4 is 5.97 Å². The lowest BCUT2D eigenvalue weighted by Gasteiger charge is -2.16. The molecule has 0 spiro atoms. The summed E-state index contributed by atoms with van der Waals surface area (Å²) in [7, 11) is 0. The molecule has 88 valence electrons. The fraction of sp³-hybridized carbons (Fsp3) is 0.909. The van der Waals surface area contributed by atoms with Crippen LogP contribution in [0, 0.1) is 0 Å². The van der Waals surface area contributed by atoms with E-state index < -0.39 is 12.0 Å². The highest BCUT2D eigenvalue weighted by molar-refractivity contribution is 5.73. The number of carboxylic acids is 1. The lowest BCUT2D eigenvalue weighted by atomic mass is 10.1. The highest BCUT2D eigenvalue weighted by atomic mass is 16.5. The van der Waals surface area contributed by atoms with Crippen molar-refractivity contribution in [2.45, 2.75) is 51.2 Å². The van der Waals surface area contributed by atoms with Gasteiger partial charge < -0.3 is 15.2 Å². The Bertz CT molecular complexity index is 190. The topological polar surface area (TPSA) is 58.6 Å². The van der Waals surface area contributed by atoms with Gasteiger partial charge in [-0.05, 0) is 19.3 Å². The van der Waals surface area contributed by atoms with Gasteiger partial charge >= 0.3 is 5.97 Å². The van der Waals surface area contributed by atoms with Crippen LogP contribution in [0.2, 0.25) is 0 Å². The van der Waals surface area contributed by atoms with Gasteiger partial charge in [-0.3, -0.25) is 4.79 Å². The maximum Gasteiger partial charge on any atom is 0.320 e. The predicted molar refractivity (Wildman–Crippen MR) is 57.9 cm³/mol. The summed E-state index contributed by atoms with van der Waals surface area (Å²) in [4.78, 5) is 10.9. The second-order valence-corrected chi connectivity index (χ2v) is 4.08. The molecule has 2 unspecified atom stereocenters. The van der Waals surface area contributed by atoms with Crippen LogP contribution in [0.25, 0.3) is 0 Å². The Morgan fingerprint density at radius 1 is 1.67 bits per heavy atom. The fourth-order valence-electron chi connectivity index (χ4n) is 1.80. The Morgan fingerprint density at radius 3 is 3.00 bits per heavy atom. The SMILES string of the molecule is CCCCC(NCC1CCCO1)C(=O)O. The Kier molecular flexibility index (Phi) is 5.65. The molecule has 2 N–H and O–H groups in total. The largest absolute Gasteiger partial charge is 0.480 e. The van der Waals surface area contributed by atoms with E-state index in [1.54, 1.807) is 0 Å². The van der Waals surface area contributed by atoms with E-state index in [2.05, 4.69) is 12.2 Å². The van der Waals surface area contributed by atoms with Crippen LogP contribution in [0.3, 0.4) is 0 Å². The minimum absolute atomic E-state index is 0.216. The molecule has 4 heteroatoms. The van der Waals surface area contributed by atoms with Gasteiger partial charge in [-0.15, -0.1) is 0 Å². The molecule has 0 amide bonds. The molecule has 0 saturated carbocycles. The molecule has 1 aliphatic heterocycles. The third-order valence-corrected chi connectivity index (χ3v) is 2.76. The average Bonchev–Trinajstić information content (AvgIpc) is 2.70. The van der Waals surface area contributed by atoms with Crippen molar-refractivity contribution in [2.75, 3.05) is 13.2 Å². The monoisotopic (exact) mass is 215 g/mol. The molecule has 0 aromatic carbocycles. The van der Waals surface area contributed by atoms with Crippen molar-refractivity contribution in [3.8, 4) is 0 Å². The molecule has 4 nitrogen and oxygen atoms in total. The van der Waals surface area contributed by atoms with Crippen molar-refractivity contribution in [2.24, 2.45) is 0 Å². The van der Waals surface area contributed by atoms with Crippen LogP contribution < -0.4 is 5.32 Å². The number of carboxylic acid groups (broad SMARTS) is 1. The lowest BCUT2D eigenvalue weighted by molar-refractivity contribution is -0.139. The molecular formula is C11H21NO3. The van der Waals surface area contributed by atoms with Crippen molar-refractivity contribution in [1.29, 1.82) is 0 Å². The lowest BCUT2D eigenvalue weighted by Crippen LogP contribution is -2.40. The zero-order valence-electron chi connectivity index (χ0n) is 9.37. The van der Waals surface area contributed by atoms with Gasteiger partial charge in [-0.25, -0.2) is 0 Å². The van der Waals surface area contributed by atoms with Crippen LogP contribution in [-0.2, 0) is 9.53 Å². The smallest absolute Gasteiger partial charge is 0.320 e. The van der Waals surface area contributed by atoms with E-state index in [4.69, 9.17) is 9.84 Å². The summed E-state index contributed by atoms with van der Waals surface area (Å²) in [6.07, 6.45) is 5.06. The molecule has 2 atom stereocenters. The second kappa shape index (κ2) is 6.80. The molecule has 1 fully saturated rings. The minimum Gasteiger partial charge on any atom is -0.480 e. The van der Waals surface area contributed by atoms with Gasteiger partial charge in [0.2, 0.25) is 0 Å². The molecule has 0 bridgehead atoms. The Balaban J connectivity index is 2.20. The van der Waals surface area contributed by atoms with E-state index in [1.807, 2.05) is 0 Å². The standard InChI is InChI=1S/C11H21NO3/c1-2-3-6-10(11(13)14)12-8-9-5-4-7-15-9/h9-10,12H,2-8H2,1H3,(H,13,14). The highest BCUT2D eigenvalue weighted by Gasteiger charge is 2.20. The third-order valence-electron chi connectivity index (χ3n) is 2.76. The summed E-state index contributed by atoms with van der Waals surface area (Å²) in [5, 5.41) is 12.0. The highest BCUT2D eigenvalue weighted by Crippen LogP contribution is 2.11.